The number of rotatable bonds is 17. The summed E-state index contributed by atoms with van der Waals surface area (Å²) in [5.74, 6) is -1.50. The Labute approximate surface area is 279 Å². The van der Waals surface area contributed by atoms with Crippen LogP contribution in [0.5, 0.6) is 0 Å². The highest BCUT2D eigenvalue weighted by atomic mass is 19.1. The van der Waals surface area contributed by atoms with Crippen LogP contribution in [-0.2, 0) is 20.7 Å². The molecule has 1 aliphatic carbocycles. The fourth-order valence-electron chi connectivity index (χ4n) is 6.98. The van der Waals surface area contributed by atoms with Crippen LogP contribution in [0.2, 0.25) is 0 Å². The summed E-state index contributed by atoms with van der Waals surface area (Å²) in [6.45, 7) is 8.49. The molecule has 0 radical (unpaired) electrons. The van der Waals surface area contributed by atoms with Crippen LogP contribution in [0.4, 0.5) is 13.2 Å². The number of methoxy groups -OCH3 is 1. The first kappa shape index (κ1) is 36.5. The lowest BCUT2D eigenvalue weighted by molar-refractivity contribution is -0.139. The van der Waals surface area contributed by atoms with Gasteiger partial charge in [0.05, 0.1) is 6.61 Å². The molecule has 0 bridgehead atoms. The molecule has 1 unspecified atom stereocenters. The van der Waals surface area contributed by atoms with E-state index in [1.807, 2.05) is 6.07 Å². The SMILES string of the molecule is C=C(C)C(=O)OCCCC(CCCOC)c1ccc(C2CCC(c3c(F)cc(-c4ccc(CCCCC)cc4F)cc3F)CC2)cc1. The van der Waals surface area contributed by atoms with Crippen molar-refractivity contribution in [2.24, 2.45) is 0 Å². The maximum Gasteiger partial charge on any atom is 0.333 e. The maximum absolute atomic E-state index is 15.4. The van der Waals surface area contributed by atoms with Gasteiger partial charge in [0.15, 0.2) is 0 Å². The standard InChI is InChI=1S/C41H51F3O3/c1-5-6-7-10-29-13-22-36(37(42)25-29)35-26-38(43)40(39(44)27-35)34-20-18-33(19-21-34)32-16-14-31(15-17-32)30(11-8-23-46-4)12-9-24-47-41(45)28(2)3/h13-17,22,25-27,30,33-34H,2,5-12,18-21,23-24H2,1,3-4H3. The molecule has 0 saturated heterocycles. The smallest absolute Gasteiger partial charge is 0.333 e. The zero-order chi connectivity index (χ0) is 33.8. The molecule has 3 aromatic rings. The minimum Gasteiger partial charge on any atom is -0.462 e. The van der Waals surface area contributed by atoms with Crippen LogP contribution < -0.4 is 0 Å². The van der Waals surface area contributed by atoms with Crippen molar-refractivity contribution in [3.63, 3.8) is 0 Å². The van der Waals surface area contributed by atoms with Crippen LogP contribution in [0.25, 0.3) is 11.1 Å². The van der Waals surface area contributed by atoms with Gasteiger partial charge in [-0.2, -0.15) is 0 Å². The predicted octanol–water partition coefficient (Wildman–Crippen LogP) is 11.4. The average molecular weight is 649 g/mol. The summed E-state index contributed by atoms with van der Waals surface area (Å²) in [7, 11) is 1.71. The molecule has 1 saturated carbocycles. The average Bonchev–Trinajstić information content (AvgIpc) is 3.06. The van der Waals surface area contributed by atoms with Gasteiger partial charge in [-0.1, -0.05) is 62.7 Å². The second-order valence-corrected chi connectivity index (χ2v) is 13.2. The number of ether oxygens (including phenoxy) is 2. The Bertz CT molecular complexity index is 1430. The molecule has 0 aromatic heterocycles. The van der Waals surface area contributed by atoms with E-state index >= 15 is 8.78 Å². The summed E-state index contributed by atoms with van der Waals surface area (Å²) in [5, 5.41) is 0. The molecule has 1 fully saturated rings. The Kier molecular flexibility index (Phi) is 14.1. The van der Waals surface area contributed by atoms with E-state index in [0.29, 0.717) is 43.5 Å². The topological polar surface area (TPSA) is 35.5 Å². The Balaban J connectivity index is 1.36. The van der Waals surface area contributed by atoms with Crippen LogP contribution in [0, 0.1) is 17.5 Å². The Morgan fingerprint density at radius 3 is 2.06 bits per heavy atom. The monoisotopic (exact) mass is 648 g/mol. The Morgan fingerprint density at radius 2 is 1.47 bits per heavy atom. The molecule has 4 rings (SSSR count). The van der Waals surface area contributed by atoms with Crippen molar-refractivity contribution in [2.75, 3.05) is 20.3 Å². The number of carbonyl (C=O) groups is 1. The highest BCUT2D eigenvalue weighted by molar-refractivity contribution is 5.86. The summed E-state index contributed by atoms with van der Waals surface area (Å²) in [6.07, 6.45) is 10.7. The molecule has 1 aliphatic rings. The normalized spacial score (nSPS) is 17.0. The second-order valence-electron chi connectivity index (χ2n) is 13.2. The first-order chi connectivity index (χ1) is 22.7. The number of unbranched alkanes of at least 4 members (excludes halogenated alkanes) is 2. The van der Waals surface area contributed by atoms with E-state index in [9.17, 15) is 9.18 Å². The number of benzene rings is 3. The molecule has 254 valence electrons. The van der Waals surface area contributed by atoms with E-state index in [2.05, 4.69) is 37.8 Å². The van der Waals surface area contributed by atoms with Crippen LogP contribution in [0.1, 0.15) is 124 Å². The molecule has 0 N–H and O–H groups in total. The lowest BCUT2D eigenvalue weighted by atomic mass is 9.75. The van der Waals surface area contributed by atoms with Gasteiger partial charge < -0.3 is 9.47 Å². The molecule has 3 nitrogen and oxygen atoms in total. The second kappa shape index (κ2) is 18.2. The van der Waals surface area contributed by atoms with Gasteiger partial charge in [-0.3, -0.25) is 0 Å². The van der Waals surface area contributed by atoms with Crippen LogP contribution in [-0.4, -0.2) is 26.3 Å². The lowest BCUT2D eigenvalue weighted by Gasteiger charge is -2.30. The number of halogens is 3. The van der Waals surface area contributed by atoms with Gasteiger partial charge >= 0.3 is 5.97 Å². The summed E-state index contributed by atoms with van der Waals surface area (Å²) in [4.78, 5) is 11.7. The van der Waals surface area contributed by atoms with Gasteiger partial charge in [0.1, 0.15) is 17.5 Å². The van der Waals surface area contributed by atoms with E-state index in [0.717, 1.165) is 69.8 Å². The van der Waals surface area contributed by atoms with E-state index in [-0.39, 0.29) is 28.6 Å². The van der Waals surface area contributed by atoms with E-state index in [1.165, 1.54) is 29.3 Å². The summed E-state index contributed by atoms with van der Waals surface area (Å²) in [5.41, 5.74) is 4.43. The molecule has 0 spiro atoms. The third-order valence-electron chi connectivity index (χ3n) is 9.69. The minimum absolute atomic E-state index is 0.131. The molecule has 0 aliphatic heterocycles. The van der Waals surface area contributed by atoms with Gasteiger partial charge in [-0.15, -0.1) is 0 Å². The number of aryl methyl sites for hydroxylation is 1. The van der Waals surface area contributed by atoms with Crippen molar-refractivity contribution in [3.05, 3.63) is 106 Å². The van der Waals surface area contributed by atoms with E-state index in [4.69, 9.17) is 9.47 Å². The third kappa shape index (κ3) is 10.3. The van der Waals surface area contributed by atoms with Gasteiger partial charge in [-0.25, -0.2) is 18.0 Å². The van der Waals surface area contributed by atoms with Gasteiger partial charge in [0.2, 0.25) is 0 Å². The predicted molar refractivity (Wildman–Crippen MR) is 184 cm³/mol. The summed E-state index contributed by atoms with van der Waals surface area (Å²) < 4.78 is 56.4. The van der Waals surface area contributed by atoms with E-state index in [1.54, 1.807) is 20.1 Å². The fraction of sp³-hybridized carbons (Fsp3) is 0.488. The Hall–Kier alpha value is -3.38. The molecular formula is C41H51F3O3. The zero-order valence-corrected chi connectivity index (χ0v) is 28.4. The number of hydrogen-bond acceptors (Lipinski definition) is 3. The third-order valence-corrected chi connectivity index (χ3v) is 9.69. The first-order valence-corrected chi connectivity index (χ1v) is 17.4. The number of carbonyl (C=O) groups excluding carboxylic acids is 1. The van der Waals surface area contributed by atoms with Gasteiger partial charge in [0.25, 0.3) is 0 Å². The molecule has 0 amide bonds. The molecule has 1 atom stereocenters. The maximum atomic E-state index is 15.4. The number of hydrogen-bond donors (Lipinski definition) is 0. The zero-order valence-electron chi connectivity index (χ0n) is 28.4. The minimum atomic E-state index is -0.590. The quantitative estimate of drug-likeness (QED) is 0.0830. The van der Waals surface area contributed by atoms with Crippen molar-refractivity contribution < 1.29 is 27.4 Å². The first-order valence-electron chi connectivity index (χ1n) is 17.4. The van der Waals surface area contributed by atoms with Crippen molar-refractivity contribution in [1.82, 2.24) is 0 Å². The molecule has 0 heterocycles. The molecule has 6 heteroatoms. The van der Waals surface area contributed by atoms with Crippen LogP contribution in [0.15, 0.2) is 66.7 Å². The molecule has 47 heavy (non-hydrogen) atoms. The fourth-order valence-corrected chi connectivity index (χ4v) is 6.98. The van der Waals surface area contributed by atoms with Crippen molar-refractivity contribution >= 4 is 5.97 Å². The van der Waals surface area contributed by atoms with Crippen molar-refractivity contribution in [1.29, 1.82) is 0 Å². The van der Waals surface area contributed by atoms with Crippen LogP contribution >= 0.6 is 0 Å². The highest BCUT2D eigenvalue weighted by Gasteiger charge is 2.28. The summed E-state index contributed by atoms with van der Waals surface area (Å²) in [6, 6.07) is 16.4. The number of esters is 1. The Morgan fingerprint density at radius 1 is 0.830 bits per heavy atom. The molecular weight excluding hydrogens is 597 g/mol. The van der Waals surface area contributed by atoms with Gasteiger partial charge in [0, 0.05) is 30.4 Å². The van der Waals surface area contributed by atoms with Gasteiger partial charge in [-0.05, 0) is 129 Å². The van der Waals surface area contributed by atoms with Crippen molar-refractivity contribution in [3.8, 4) is 11.1 Å². The van der Waals surface area contributed by atoms with Crippen molar-refractivity contribution in [2.45, 2.75) is 109 Å². The largest absolute Gasteiger partial charge is 0.462 e. The summed E-state index contributed by atoms with van der Waals surface area (Å²) >= 11 is 0. The van der Waals surface area contributed by atoms with E-state index < -0.39 is 17.5 Å². The van der Waals surface area contributed by atoms with Crippen LogP contribution in [0.3, 0.4) is 0 Å². The highest BCUT2D eigenvalue weighted by Crippen LogP contribution is 2.43. The lowest BCUT2D eigenvalue weighted by Crippen LogP contribution is -2.15. The molecule has 3 aromatic carbocycles.